The van der Waals surface area contributed by atoms with Crippen molar-refractivity contribution in [2.45, 2.75) is 19.8 Å². The maximum Gasteiger partial charge on any atom is 0.354 e. The third-order valence-corrected chi connectivity index (χ3v) is 3.82. The van der Waals surface area contributed by atoms with Crippen molar-refractivity contribution in [3.05, 3.63) is 29.6 Å². The highest BCUT2D eigenvalue weighted by Gasteiger charge is 2.18. The molecule has 1 aromatic heterocycles. The van der Waals surface area contributed by atoms with Gasteiger partial charge in [-0.3, -0.25) is 0 Å². The van der Waals surface area contributed by atoms with Gasteiger partial charge < -0.3 is 20.1 Å². The van der Waals surface area contributed by atoms with Crippen molar-refractivity contribution in [2.24, 2.45) is 10.2 Å². The van der Waals surface area contributed by atoms with E-state index in [-0.39, 0.29) is 17.4 Å². The number of aromatic carboxylic acids is 1. The zero-order valence-corrected chi connectivity index (χ0v) is 12.7. The summed E-state index contributed by atoms with van der Waals surface area (Å²) in [6.45, 7) is 3.95. The molecule has 3 rings (SSSR count). The van der Waals surface area contributed by atoms with Crippen LogP contribution in [-0.2, 0) is 6.42 Å². The summed E-state index contributed by atoms with van der Waals surface area (Å²) in [7, 11) is 0. The molecule has 0 spiro atoms. The van der Waals surface area contributed by atoms with Gasteiger partial charge in [-0.1, -0.05) is 0 Å². The number of azo groups is 1. The lowest BCUT2D eigenvalue weighted by atomic mass is 10.0. The van der Waals surface area contributed by atoms with E-state index in [4.69, 9.17) is 5.11 Å². The number of carbonyl (C=O) groups is 1. The quantitative estimate of drug-likeness (QED) is 0.750. The van der Waals surface area contributed by atoms with Gasteiger partial charge in [0, 0.05) is 24.8 Å². The van der Waals surface area contributed by atoms with Crippen molar-refractivity contribution in [3.8, 4) is 5.75 Å². The molecule has 0 aliphatic carbocycles. The number of phenolic OH excluding ortho intramolecular Hbond substituents is 1. The van der Waals surface area contributed by atoms with Crippen molar-refractivity contribution in [3.63, 3.8) is 0 Å². The molecule has 0 unspecified atom stereocenters. The molecule has 2 heterocycles. The standard InChI is InChI=1S/C15H17N5O3/c1-2-20-5-3-4-9-6-10(13(21)7-12(9)20)18-19-15-16-8-11(17-15)14(22)23/h6-8,21H,2-5H2,1H3,(H,16,17)(H,22,23). The van der Waals surface area contributed by atoms with Gasteiger partial charge in [-0.05, 0) is 31.4 Å². The third-order valence-electron chi connectivity index (χ3n) is 3.82. The number of hydrogen-bond donors (Lipinski definition) is 3. The van der Waals surface area contributed by atoms with E-state index in [0.29, 0.717) is 5.69 Å². The fraction of sp³-hybridized carbons (Fsp3) is 0.333. The Morgan fingerprint density at radius 2 is 2.26 bits per heavy atom. The van der Waals surface area contributed by atoms with Crippen LogP contribution in [0.1, 0.15) is 29.4 Å². The fourth-order valence-corrected chi connectivity index (χ4v) is 2.66. The van der Waals surface area contributed by atoms with Crippen LogP contribution in [0, 0.1) is 0 Å². The monoisotopic (exact) mass is 315 g/mol. The number of aromatic amines is 1. The van der Waals surface area contributed by atoms with Gasteiger partial charge in [0.1, 0.15) is 17.1 Å². The Hall–Kier alpha value is -2.90. The van der Waals surface area contributed by atoms with Crippen LogP contribution >= 0.6 is 0 Å². The minimum Gasteiger partial charge on any atom is -0.506 e. The highest BCUT2D eigenvalue weighted by atomic mass is 16.4. The normalized spacial score (nSPS) is 14.2. The highest BCUT2D eigenvalue weighted by molar-refractivity contribution is 5.85. The fourth-order valence-electron chi connectivity index (χ4n) is 2.66. The molecule has 1 aliphatic heterocycles. The van der Waals surface area contributed by atoms with Gasteiger partial charge in [-0.2, -0.15) is 0 Å². The topological polar surface area (TPSA) is 114 Å². The first-order chi connectivity index (χ1) is 11.1. The number of rotatable bonds is 4. The lowest BCUT2D eigenvalue weighted by Gasteiger charge is -2.30. The molecule has 0 saturated heterocycles. The lowest BCUT2D eigenvalue weighted by molar-refractivity contribution is 0.0691. The number of hydrogen-bond acceptors (Lipinski definition) is 6. The zero-order chi connectivity index (χ0) is 16.4. The Morgan fingerprint density at radius 1 is 1.43 bits per heavy atom. The smallest absolute Gasteiger partial charge is 0.354 e. The third kappa shape index (κ3) is 3.01. The van der Waals surface area contributed by atoms with E-state index in [9.17, 15) is 9.90 Å². The number of anilines is 1. The Balaban J connectivity index is 1.88. The molecular weight excluding hydrogens is 298 g/mol. The van der Waals surface area contributed by atoms with Crippen LogP contribution in [0.3, 0.4) is 0 Å². The zero-order valence-electron chi connectivity index (χ0n) is 12.7. The Morgan fingerprint density at radius 3 is 2.96 bits per heavy atom. The SMILES string of the molecule is CCN1CCCc2cc(N=Nc3ncc(C(=O)O)[nH]3)c(O)cc21. The van der Waals surface area contributed by atoms with E-state index in [2.05, 4.69) is 32.0 Å². The number of aromatic nitrogens is 2. The summed E-state index contributed by atoms with van der Waals surface area (Å²) in [6, 6.07) is 3.52. The number of carboxylic acids is 1. The second-order valence-electron chi connectivity index (χ2n) is 5.28. The summed E-state index contributed by atoms with van der Waals surface area (Å²) >= 11 is 0. The average Bonchev–Trinajstić information content (AvgIpc) is 3.01. The first kappa shape index (κ1) is 15.0. The molecule has 120 valence electrons. The molecule has 0 radical (unpaired) electrons. The summed E-state index contributed by atoms with van der Waals surface area (Å²) in [5, 5.41) is 26.8. The second-order valence-corrected chi connectivity index (χ2v) is 5.28. The summed E-state index contributed by atoms with van der Waals surface area (Å²) in [5.74, 6) is -0.997. The largest absolute Gasteiger partial charge is 0.506 e. The van der Waals surface area contributed by atoms with E-state index in [1.165, 1.54) is 6.20 Å². The van der Waals surface area contributed by atoms with Crippen molar-refractivity contribution in [1.82, 2.24) is 9.97 Å². The Labute approximate surface area is 132 Å². The van der Waals surface area contributed by atoms with Gasteiger partial charge in [0.15, 0.2) is 0 Å². The number of nitrogens with zero attached hydrogens (tertiary/aromatic N) is 4. The maximum atomic E-state index is 10.8. The Kier molecular flexibility index (Phi) is 3.96. The summed E-state index contributed by atoms with van der Waals surface area (Å²) in [6.07, 6.45) is 3.16. The van der Waals surface area contributed by atoms with Gasteiger partial charge in [-0.15, -0.1) is 10.2 Å². The minimum atomic E-state index is -1.12. The molecule has 0 saturated carbocycles. The maximum absolute atomic E-state index is 10.8. The summed E-state index contributed by atoms with van der Waals surface area (Å²) in [4.78, 5) is 19.3. The molecule has 1 aliphatic rings. The number of imidazole rings is 1. The summed E-state index contributed by atoms with van der Waals surface area (Å²) < 4.78 is 0. The van der Waals surface area contributed by atoms with Crippen LogP contribution in [0.25, 0.3) is 0 Å². The van der Waals surface area contributed by atoms with Crippen LogP contribution in [0.2, 0.25) is 0 Å². The number of H-pyrrole nitrogens is 1. The van der Waals surface area contributed by atoms with Gasteiger partial charge in [0.05, 0.1) is 6.20 Å². The first-order valence-electron chi connectivity index (χ1n) is 7.39. The average molecular weight is 315 g/mol. The van der Waals surface area contributed by atoms with Gasteiger partial charge in [0.25, 0.3) is 0 Å². The van der Waals surface area contributed by atoms with E-state index in [0.717, 1.165) is 37.2 Å². The molecule has 8 heteroatoms. The van der Waals surface area contributed by atoms with Crippen molar-refractivity contribution < 1.29 is 15.0 Å². The molecule has 3 N–H and O–H groups in total. The van der Waals surface area contributed by atoms with Crippen molar-refractivity contribution in [2.75, 3.05) is 18.0 Å². The molecular formula is C15H17N5O3. The van der Waals surface area contributed by atoms with Crippen molar-refractivity contribution >= 4 is 23.3 Å². The molecule has 23 heavy (non-hydrogen) atoms. The number of aromatic hydroxyl groups is 1. The number of phenols is 1. The van der Waals surface area contributed by atoms with Crippen molar-refractivity contribution in [1.29, 1.82) is 0 Å². The van der Waals surface area contributed by atoms with Gasteiger partial charge >= 0.3 is 5.97 Å². The van der Waals surface area contributed by atoms with E-state index < -0.39 is 5.97 Å². The van der Waals surface area contributed by atoms with Crippen LogP contribution in [0.5, 0.6) is 5.75 Å². The second kappa shape index (κ2) is 6.07. The molecule has 0 amide bonds. The van der Waals surface area contributed by atoms with E-state index >= 15 is 0 Å². The highest BCUT2D eigenvalue weighted by Crippen LogP contribution is 2.37. The lowest BCUT2D eigenvalue weighted by Crippen LogP contribution is -2.28. The number of benzene rings is 1. The molecule has 0 atom stereocenters. The van der Waals surface area contributed by atoms with E-state index in [1.807, 2.05) is 6.07 Å². The first-order valence-corrected chi connectivity index (χ1v) is 7.39. The molecule has 0 bridgehead atoms. The number of nitrogens with one attached hydrogen (secondary N) is 1. The predicted octanol–water partition coefficient (Wildman–Crippen LogP) is 3.00. The Bertz CT molecular complexity index is 768. The van der Waals surface area contributed by atoms with Crippen LogP contribution in [0.4, 0.5) is 17.3 Å². The van der Waals surface area contributed by atoms with Crippen LogP contribution in [-0.4, -0.2) is 39.2 Å². The van der Waals surface area contributed by atoms with Gasteiger partial charge in [-0.25, -0.2) is 9.78 Å². The van der Waals surface area contributed by atoms with Crippen LogP contribution < -0.4 is 4.90 Å². The van der Waals surface area contributed by atoms with Crippen LogP contribution in [0.15, 0.2) is 28.6 Å². The molecule has 0 fully saturated rings. The minimum absolute atomic E-state index is 0.0397. The predicted molar refractivity (Wildman–Crippen MR) is 84.0 cm³/mol. The number of aryl methyl sites for hydroxylation is 1. The number of carboxylic acid groups (broad SMARTS) is 1. The summed E-state index contributed by atoms with van der Waals surface area (Å²) in [5.41, 5.74) is 2.43. The van der Waals surface area contributed by atoms with E-state index in [1.54, 1.807) is 6.07 Å². The molecule has 1 aromatic carbocycles. The van der Waals surface area contributed by atoms with Gasteiger partial charge in [0.2, 0.25) is 5.95 Å². The molecule has 8 nitrogen and oxygen atoms in total. The number of fused-ring (bicyclic) bond motifs is 1. The molecule has 2 aromatic rings.